The summed E-state index contributed by atoms with van der Waals surface area (Å²) in [6.07, 6.45) is 3.23. The van der Waals surface area contributed by atoms with Crippen LogP contribution in [-0.2, 0) is 13.0 Å². The molecule has 2 aromatic heterocycles. The molecule has 0 amide bonds. The van der Waals surface area contributed by atoms with Crippen molar-refractivity contribution in [3.63, 3.8) is 0 Å². The molecule has 4 heterocycles. The number of hydrogen-bond acceptors (Lipinski definition) is 8. The molecule has 1 fully saturated rings. The maximum atomic E-state index is 14.6. The molecular formula is C25H28F2N4O4. The fourth-order valence-corrected chi connectivity index (χ4v) is 4.67. The molecule has 5 rings (SSSR count). The smallest absolute Gasteiger partial charge is 0.179 e. The van der Waals surface area contributed by atoms with Crippen molar-refractivity contribution in [1.82, 2.24) is 20.2 Å². The summed E-state index contributed by atoms with van der Waals surface area (Å²) in [7, 11) is 1.44. The van der Waals surface area contributed by atoms with Gasteiger partial charge in [-0.3, -0.25) is 9.97 Å². The molecule has 2 aliphatic heterocycles. The number of aliphatic hydroxyl groups excluding tert-OH is 1. The molecule has 0 saturated carbocycles. The van der Waals surface area contributed by atoms with Crippen molar-refractivity contribution in [3.05, 3.63) is 53.5 Å². The van der Waals surface area contributed by atoms with Crippen molar-refractivity contribution in [2.24, 2.45) is 0 Å². The Labute approximate surface area is 201 Å². The monoisotopic (exact) mass is 486 g/mol. The van der Waals surface area contributed by atoms with E-state index in [2.05, 4.69) is 20.2 Å². The number of nitrogens with one attached hydrogen (secondary N) is 1. The van der Waals surface area contributed by atoms with Crippen molar-refractivity contribution >= 4 is 10.9 Å². The van der Waals surface area contributed by atoms with Gasteiger partial charge in [0, 0.05) is 48.8 Å². The van der Waals surface area contributed by atoms with E-state index >= 15 is 0 Å². The molecule has 0 bridgehead atoms. The lowest BCUT2D eigenvalue weighted by Crippen LogP contribution is -2.52. The van der Waals surface area contributed by atoms with Gasteiger partial charge >= 0.3 is 0 Å². The molecule has 186 valence electrons. The summed E-state index contributed by atoms with van der Waals surface area (Å²) in [6.45, 7) is 3.26. The minimum atomic E-state index is -0.586. The first kappa shape index (κ1) is 23.7. The highest BCUT2D eigenvalue weighted by Gasteiger charge is 2.28. The van der Waals surface area contributed by atoms with Gasteiger partial charge in [0.1, 0.15) is 30.3 Å². The first-order valence-corrected chi connectivity index (χ1v) is 11.7. The van der Waals surface area contributed by atoms with Crippen LogP contribution >= 0.6 is 0 Å². The van der Waals surface area contributed by atoms with Gasteiger partial charge in [0.05, 0.1) is 31.3 Å². The third-order valence-electron chi connectivity index (χ3n) is 6.57. The van der Waals surface area contributed by atoms with Crippen molar-refractivity contribution in [1.29, 1.82) is 0 Å². The van der Waals surface area contributed by atoms with Crippen LogP contribution < -0.4 is 19.5 Å². The van der Waals surface area contributed by atoms with Crippen LogP contribution in [0, 0.1) is 11.6 Å². The van der Waals surface area contributed by atoms with Crippen molar-refractivity contribution in [2.45, 2.75) is 31.5 Å². The fourth-order valence-electron chi connectivity index (χ4n) is 4.67. The Hall–Kier alpha value is -3.08. The molecule has 1 aromatic carbocycles. The van der Waals surface area contributed by atoms with Gasteiger partial charge in [-0.05, 0) is 25.5 Å². The number of likely N-dealkylation sites (tertiary alicyclic amines) is 1. The summed E-state index contributed by atoms with van der Waals surface area (Å²) in [5, 5.41) is 14.5. The molecule has 0 unspecified atom stereocenters. The van der Waals surface area contributed by atoms with Crippen LogP contribution in [0.25, 0.3) is 10.9 Å². The van der Waals surface area contributed by atoms with E-state index in [-0.39, 0.29) is 11.6 Å². The number of halogens is 2. The maximum absolute atomic E-state index is 14.6. The molecule has 2 atom stereocenters. The molecule has 2 aliphatic rings. The molecule has 0 aliphatic carbocycles. The molecule has 10 heteroatoms. The van der Waals surface area contributed by atoms with E-state index in [0.29, 0.717) is 67.5 Å². The second-order valence-electron chi connectivity index (χ2n) is 8.80. The van der Waals surface area contributed by atoms with Gasteiger partial charge in [0.15, 0.2) is 17.3 Å². The van der Waals surface area contributed by atoms with E-state index in [1.165, 1.54) is 13.2 Å². The van der Waals surface area contributed by atoms with Gasteiger partial charge in [0.25, 0.3) is 0 Å². The SMILES string of the molecule is COc1cc(F)c2ncc(F)c(CCN3CC[C@@H](NCc4cc5c(cn4)OCCO5)[C@@H](O)C3)c2c1. The summed E-state index contributed by atoms with van der Waals surface area (Å²) >= 11 is 0. The van der Waals surface area contributed by atoms with Gasteiger partial charge in [-0.25, -0.2) is 8.78 Å². The number of methoxy groups -OCH3 is 1. The second kappa shape index (κ2) is 10.3. The number of nitrogens with zero attached hydrogens (tertiary/aromatic N) is 3. The Balaban J connectivity index is 1.18. The first-order chi connectivity index (χ1) is 17.0. The fraction of sp³-hybridized carbons (Fsp3) is 0.440. The van der Waals surface area contributed by atoms with Crippen molar-refractivity contribution in [2.75, 3.05) is 40.0 Å². The summed E-state index contributed by atoms with van der Waals surface area (Å²) in [5.41, 5.74) is 1.33. The van der Waals surface area contributed by atoms with Crippen molar-refractivity contribution in [3.8, 4) is 17.2 Å². The molecular weight excluding hydrogens is 458 g/mol. The minimum Gasteiger partial charge on any atom is -0.497 e. The zero-order valence-corrected chi connectivity index (χ0v) is 19.5. The summed E-state index contributed by atoms with van der Waals surface area (Å²) < 4.78 is 45.2. The van der Waals surface area contributed by atoms with Crippen LogP contribution in [-0.4, -0.2) is 72.1 Å². The molecule has 35 heavy (non-hydrogen) atoms. The largest absolute Gasteiger partial charge is 0.497 e. The van der Waals surface area contributed by atoms with Crippen LogP contribution in [0.3, 0.4) is 0 Å². The number of benzene rings is 1. The van der Waals surface area contributed by atoms with Gasteiger partial charge in [-0.15, -0.1) is 0 Å². The second-order valence-corrected chi connectivity index (χ2v) is 8.80. The topological polar surface area (TPSA) is 89.0 Å². The quantitative estimate of drug-likeness (QED) is 0.527. The predicted molar refractivity (Wildman–Crippen MR) is 125 cm³/mol. The number of aromatic nitrogens is 2. The lowest BCUT2D eigenvalue weighted by molar-refractivity contribution is 0.0402. The molecule has 1 saturated heterocycles. The zero-order chi connectivity index (χ0) is 24.4. The number of fused-ring (bicyclic) bond motifs is 2. The van der Waals surface area contributed by atoms with E-state index < -0.39 is 17.7 Å². The highest BCUT2D eigenvalue weighted by Crippen LogP contribution is 2.30. The maximum Gasteiger partial charge on any atom is 0.179 e. The summed E-state index contributed by atoms with van der Waals surface area (Å²) in [5.74, 6) is 0.628. The summed E-state index contributed by atoms with van der Waals surface area (Å²) in [4.78, 5) is 10.4. The molecule has 8 nitrogen and oxygen atoms in total. The molecule has 0 spiro atoms. The molecule has 3 aromatic rings. The highest BCUT2D eigenvalue weighted by molar-refractivity contribution is 5.84. The van der Waals surface area contributed by atoms with E-state index in [4.69, 9.17) is 14.2 Å². The Morgan fingerprint density at radius 1 is 1.11 bits per heavy atom. The Morgan fingerprint density at radius 3 is 2.74 bits per heavy atom. The van der Waals surface area contributed by atoms with Gasteiger partial charge in [-0.1, -0.05) is 0 Å². The van der Waals surface area contributed by atoms with Gasteiger partial charge in [0.2, 0.25) is 0 Å². The number of β-amino-alcohol motifs (C(OH)–C–C–N with tert-alkyl or cyclic N) is 1. The van der Waals surface area contributed by atoms with Gasteiger partial charge < -0.3 is 29.5 Å². The standard InChI is InChI=1S/C25H28F2N4O4/c1-33-16-9-18-17(20(27)12-30-25(18)19(26)10-16)2-4-31-5-3-21(22(32)14-31)29-11-15-8-23-24(13-28-15)35-7-6-34-23/h8-10,12-13,21-22,29,32H,2-7,11,14H2,1H3/t21-,22+/m1/s1. The molecule has 2 N–H and O–H groups in total. The minimum absolute atomic E-state index is 0.0851. The Morgan fingerprint density at radius 2 is 1.94 bits per heavy atom. The summed E-state index contributed by atoms with van der Waals surface area (Å²) in [6, 6.07) is 4.62. The van der Waals surface area contributed by atoms with Gasteiger partial charge in [-0.2, -0.15) is 0 Å². The zero-order valence-electron chi connectivity index (χ0n) is 19.5. The van der Waals surface area contributed by atoms with Crippen LogP contribution in [0.4, 0.5) is 8.78 Å². The lowest BCUT2D eigenvalue weighted by Gasteiger charge is -2.36. The third-order valence-corrected chi connectivity index (χ3v) is 6.57. The average molecular weight is 487 g/mol. The first-order valence-electron chi connectivity index (χ1n) is 11.7. The Bertz CT molecular complexity index is 1210. The van der Waals surface area contributed by atoms with E-state index in [0.717, 1.165) is 24.9 Å². The van der Waals surface area contributed by atoms with E-state index in [1.807, 2.05) is 6.07 Å². The normalized spacial score (nSPS) is 20.2. The average Bonchev–Trinajstić information content (AvgIpc) is 2.87. The highest BCUT2D eigenvalue weighted by atomic mass is 19.1. The van der Waals surface area contributed by atoms with Crippen molar-refractivity contribution < 1.29 is 28.1 Å². The number of pyridine rings is 2. The number of ether oxygens (including phenoxy) is 3. The predicted octanol–water partition coefficient (Wildman–Crippen LogP) is 2.46. The van der Waals surface area contributed by atoms with Crippen LogP contribution in [0.5, 0.6) is 17.2 Å². The Kier molecular flexibility index (Phi) is 6.94. The lowest BCUT2D eigenvalue weighted by atomic mass is 10.00. The number of aliphatic hydroxyl groups is 1. The van der Waals surface area contributed by atoms with E-state index in [1.54, 1.807) is 12.3 Å². The number of piperidine rings is 1. The van der Waals surface area contributed by atoms with Crippen LogP contribution in [0.15, 0.2) is 30.6 Å². The van der Waals surface area contributed by atoms with E-state index in [9.17, 15) is 13.9 Å². The number of hydrogen-bond donors (Lipinski definition) is 2. The third kappa shape index (κ3) is 5.14. The number of rotatable bonds is 7. The molecule has 0 radical (unpaired) electrons. The van der Waals surface area contributed by atoms with Crippen LogP contribution in [0.2, 0.25) is 0 Å². The van der Waals surface area contributed by atoms with Crippen LogP contribution in [0.1, 0.15) is 17.7 Å².